The van der Waals surface area contributed by atoms with Crippen molar-refractivity contribution in [1.82, 2.24) is 0 Å². The normalized spacial score (nSPS) is 21.1. The summed E-state index contributed by atoms with van der Waals surface area (Å²) in [5.41, 5.74) is 3.27. The Bertz CT molecular complexity index is 374. The van der Waals surface area contributed by atoms with Crippen LogP contribution in [0.1, 0.15) is 63.9 Å². The summed E-state index contributed by atoms with van der Waals surface area (Å²) in [6.07, 6.45) is 14.8. The summed E-state index contributed by atoms with van der Waals surface area (Å²) in [4.78, 5) is 0. The van der Waals surface area contributed by atoms with Crippen LogP contribution in [0, 0.1) is 5.92 Å². The van der Waals surface area contributed by atoms with Crippen molar-refractivity contribution in [3.63, 3.8) is 0 Å². The number of aryl methyl sites for hydroxylation is 1. The average molecular weight is 256 g/mol. The van der Waals surface area contributed by atoms with E-state index in [1.165, 1.54) is 63.4 Å². The van der Waals surface area contributed by atoms with Gasteiger partial charge in [0.25, 0.3) is 0 Å². The van der Waals surface area contributed by atoms with E-state index in [-0.39, 0.29) is 0 Å². The van der Waals surface area contributed by atoms with Gasteiger partial charge in [-0.3, -0.25) is 0 Å². The molecule has 1 saturated carbocycles. The summed E-state index contributed by atoms with van der Waals surface area (Å²) in [6, 6.07) is 11.0. The van der Waals surface area contributed by atoms with Crippen molar-refractivity contribution < 1.29 is 0 Å². The number of unbranched alkanes of at least 4 members (excludes halogenated alkanes) is 3. The maximum atomic E-state index is 2.57. The summed E-state index contributed by atoms with van der Waals surface area (Å²) >= 11 is 0. The van der Waals surface area contributed by atoms with Crippen molar-refractivity contribution >= 4 is 0 Å². The van der Waals surface area contributed by atoms with Gasteiger partial charge in [0, 0.05) is 0 Å². The van der Waals surface area contributed by atoms with Crippen molar-refractivity contribution in [2.75, 3.05) is 0 Å². The summed E-state index contributed by atoms with van der Waals surface area (Å²) in [5, 5.41) is 0. The second kappa shape index (κ2) is 8.19. The fourth-order valence-electron chi connectivity index (χ4n) is 3.21. The van der Waals surface area contributed by atoms with Crippen molar-refractivity contribution in [1.29, 1.82) is 0 Å². The molecule has 1 aromatic rings. The first-order chi connectivity index (χ1) is 9.40. The molecule has 19 heavy (non-hydrogen) atoms. The van der Waals surface area contributed by atoms with E-state index in [0.717, 1.165) is 5.92 Å². The van der Waals surface area contributed by atoms with E-state index in [9.17, 15) is 0 Å². The summed E-state index contributed by atoms with van der Waals surface area (Å²) < 4.78 is 0. The first-order valence-corrected chi connectivity index (χ1v) is 8.13. The van der Waals surface area contributed by atoms with Crippen LogP contribution < -0.4 is 0 Å². The van der Waals surface area contributed by atoms with Crippen molar-refractivity contribution in [2.24, 2.45) is 5.92 Å². The molecule has 0 aromatic heterocycles. The van der Waals surface area contributed by atoms with Gasteiger partial charge in [0.2, 0.25) is 0 Å². The van der Waals surface area contributed by atoms with Gasteiger partial charge in [0.15, 0.2) is 0 Å². The largest absolute Gasteiger partial charge is 0.0851 e. The Morgan fingerprint density at radius 1 is 1.16 bits per heavy atom. The van der Waals surface area contributed by atoms with Crippen LogP contribution in [0.5, 0.6) is 0 Å². The maximum absolute atomic E-state index is 2.57. The molecule has 0 N–H and O–H groups in total. The number of rotatable bonds is 7. The van der Waals surface area contributed by atoms with Crippen LogP contribution in [0.4, 0.5) is 0 Å². The molecule has 1 aliphatic carbocycles. The molecule has 0 heterocycles. The fourth-order valence-corrected chi connectivity index (χ4v) is 3.21. The molecule has 104 valence electrons. The van der Waals surface area contributed by atoms with Crippen molar-refractivity contribution in [2.45, 2.75) is 64.7 Å². The molecular formula is C19H28. The minimum absolute atomic E-state index is 0.877. The molecule has 1 atom stereocenters. The van der Waals surface area contributed by atoms with Gasteiger partial charge in [-0.05, 0) is 56.4 Å². The van der Waals surface area contributed by atoms with Gasteiger partial charge in [-0.15, -0.1) is 0 Å². The summed E-state index contributed by atoms with van der Waals surface area (Å²) in [7, 11) is 0. The lowest BCUT2D eigenvalue weighted by Gasteiger charge is -2.12. The Kier molecular flexibility index (Phi) is 6.20. The molecule has 0 spiro atoms. The fraction of sp³-hybridized carbons (Fsp3) is 0.579. The zero-order valence-electron chi connectivity index (χ0n) is 12.4. The van der Waals surface area contributed by atoms with Crippen LogP contribution in [0.15, 0.2) is 42.0 Å². The van der Waals surface area contributed by atoms with Gasteiger partial charge < -0.3 is 0 Å². The third-order valence-corrected chi connectivity index (χ3v) is 4.38. The van der Waals surface area contributed by atoms with Crippen LogP contribution in [-0.2, 0) is 6.42 Å². The van der Waals surface area contributed by atoms with Crippen LogP contribution in [0.3, 0.4) is 0 Å². The number of benzene rings is 1. The Morgan fingerprint density at radius 2 is 2.00 bits per heavy atom. The smallest absolute Gasteiger partial charge is 0.0200 e. The average Bonchev–Trinajstić information content (AvgIpc) is 2.90. The van der Waals surface area contributed by atoms with Crippen molar-refractivity contribution in [3.8, 4) is 0 Å². The van der Waals surface area contributed by atoms with Gasteiger partial charge in [-0.1, -0.05) is 61.7 Å². The number of hydrogen-bond acceptors (Lipinski definition) is 0. The second-order valence-corrected chi connectivity index (χ2v) is 5.89. The Labute approximate surface area is 118 Å². The van der Waals surface area contributed by atoms with E-state index < -0.39 is 0 Å². The first-order valence-electron chi connectivity index (χ1n) is 8.13. The topological polar surface area (TPSA) is 0 Å². The van der Waals surface area contributed by atoms with Gasteiger partial charge in [-0.2, -0.15) is 0 Å². The molecule has 0 saturated heterocycles. The minimum Gasteiger partial charge on any atom is -0.0851 e. The molecular weight excluding hydrogens is 228 g/mol. The molecule has 0 aliphatic heterocycles. The quantitative estimate of drug-likeness (QED) is 0.419. The van der Waals surface area contributed by atoms with Gasteiger partial charge >= 0.3 is 0 Å². The van der Waals surface area contributed by atoms with Crippen LogP contribution in [0.25, 0.3) is 0 Å². The summed E-state index contributed by atoms with van der Waals surface area (Å²) in [5.74, 6) is 0.877. The molecule has 1 aliphatic rings. The van der Waals surface area contributed by atoms with Crippen LogP contribution in [-0.4, -0.2) is 0 Å². The Morgan fingerprint density at radius 3 is 2.79 bits per heavy atom. The van der Waals surface area contributed by atoms with E-state index in [0.29, 0.717) is 0 Å². The van der Waals surface area contributed by atoms with E-state index in [2.05, 4.69) is 43.3 Å². The number of hydrogen-bond donors (Lipinski definition) is 0. The molecule has 1 aromatic carbocycles. The predicted molar refractivity (Wildman–Crippen MR) is 84.3 cm³/mol. The molecule has 0 heteroatoms. The maximum Gasteiger partial charge on any atom is -0.0200 e. The second-order valence-electron chi connectivity index (χ2n) is 5.89. The minimum atomic E-state index is 0.877. The van der Waals surface area contributed by atoms with E-state index >= 15 is 0 Å². The highest BCUT2D eigenvalue weighted by molar-refractivity contribution is 5.17. The standard InChI is InChI=1S/C19H28/c1-2-3-4-8-12-18-13-9-14-19(18)16-15-17-10-6-5-7-11-17/h5-7,10-12,19H,2-4,8-9,13-16H2,1H3/b18-12+. The third kappa shape index (κ3) is 4.86. The van der Waals surface area contributed by atoms with Gasteiger partial charge in [-0.25, -0.2) is 0 Å². The highest BCUT2D eigenvalue weighted by Crippen LogP contribution is 2.34. The first kappa shape index (κ1) is 14.4. The zero-order chi connectivity index (χ0) is 13.3. The molecule has 1 unspecified atom stereocenters. The van der Waals surface area contributed by atoms with Gasteiger partial charge in [0.1, 0.15) is 0 Å². The highest BCUT2D eigenvalue weighted by Gasteiger charge is 2.19. The Balaban J connectivity index is 1.78. The van der Waals surface area contributed by atoms with Crippen LogP contribution >= 0.6 is 0 Å². The highest BCUT2D eigenvalue weighted by atomic mass is 14.2. The molecule has 1 fully saturated rings. The van der Waals surface area contributed by atoms with E-state index in [1.807, 2.05) is 0 Å². The molecule has 0 amide bonds. The molecule has 0 nitrogen and oxygen atoms in total. The lowest BCUT2D eigenvalue weighted by Crippen LogP contribution is -1.99. The van der Waals surface area contributed by atoms with Crippen LogP contribution in [0.2, 0.25) is 0 Å². The number of allylic oxidation sites excluding steroid dienone is 2. The van der Waals surface area contributed by atoms with Crippen molar-refractivity contribution in [3.05, 3.63) is 47.5 Å². The van der Waals surface area contributed by atoms with Gasteiger partial charge in [0.05, 0.1) is 0 Å². The lowest BCUT2D eigenvalue weighted by atomic mass is 9.93. The molecule has 0 bridgehead atoms. The lowest BCUT2D eigenvalue weighted by molar-refractivity contribution is 0.569. The molecule has 2 rings (SSSR count). The van der Waals surface area contributed by atoms with E-state index in [4.69, 9.17) is 0 Å². The third-order valence-electron chi connectivity index (χ3n) is 4.38. The zero-order valence-corrected chi connectivity index (χ0v) is 12.4. The SMILES string of the molecule is CCCCC/C=C1\CCCC1CCc1ccccc1. The molecule has 0 radical (unpaired) electrons. The monoisotopic (exact) mass is 256 g/mol. The summed E-state index contributed by atoms with van der Waals surface area (Å²) in [6.45, 7) is 2.28. The Hall–Kier alpha value is -1.04. The van der Waals surface area contributed by atoms with E-state index in [1.54, 1.807) is 5.57 Å². The predicted octanol–water partition coefficient (Wildman–Crippen LogP) is 5.93.